The van der Waals surface area contributed by atoms with Crippen molar-refractivity contribution in [2.24, 2.45) is 0 Å². The summed E-state index contributed by atoms with van der Waals surface area (Å²) in [6, 6.07) is 15.3. The van der Waals surface area contributed by atoms with Gasteiger partial charge in [-0.2, -0.15) is 0 Å². The highest BCUT2D eigenvalue weighted by molar-refractivity contribution is 7.17. The molecule has 0 aliphatic carbocycles. The predicted octanol–water partition coefficient (Wildman–Crippen LogP) is 4.15. The second kappa shape index (κ2) is 7.57. The summed E-state index contributed by atoms with van der Waals surface area (Å²) in [6.45, 7) is 5.35. The molecule has 1 amide bonds. The number of rotatable bonds is 4. The quantitative estimate of drug-likeness (QED) is 0.726. The van der Waals surface area contributed by atoms with Crippen LogP contribution in [0.15, 0.2) is 47.8 Å². The van der Waals surface area contributed by atoms with Crippen molar-refractivity contribution in [1.82, 2.24) is 4.90 Å². The lowest BCUT2D eigenvalue weighted by atomic mass is 9.97. The Labute approximate surface area is 169 Å². The molecule has 5 rings (SSSR count). The number of piperazine rings is 1. The van der Waals surface area contributed by atoms with Crippen molar-refractivity contribution < 1.29 is 4.79 Å². The van der Waals surface area contributed by atoms with Crippen molar-refractivity contribution in [1.29, 1.82) is 0 Å². The predicted molar refractivity (Wildman–Crippen MR) is 118 cm³/mol. The maximum Gasteiger partial charge on any atom is 0.224 e. The summed E-state index contributed by atoms with van der Waals surface area (Å²) < 4.78 is 1.37. The second-order valence-electron chi connectivity index (χ2n) is 7.69. The highest BCUT2D eigenvalue weighted by Gasteiger charge is 2.21. The Kier molecular flexibility index (Phi) is 4.79. The molecule has 2 aromatic carbocycles. The molecule has 0 saturated carbocycles. The lowest BCUT2D eigenvalue weighted by molar-refractivity contribution is -0.116. The van der Waals surface area contributed by atoms with Gasteiger partial charge in [-0.05, 0) is 47.5 Å². The SMILES string of the molecule is O=C1CCc2cccc(CCN3CCN(c4cccc5sccc45)CC3)c2N1. The largest absolute Gasteiger partial charge is 0.368 e. The summed E-state index contributed by atoms with van der Waals surface area (Å²) in [6.07, 6.45) is 2.46. The van der Waals surface area contributed by atoms with Crippen LogP contribution >= 0.6 is 11.3 Å². The monoisotopic (exact) mass is 391 g/mol. The van der Waals surface area contributed by atoms with E-state index in [4.69, 9.17) is 0 Å². The van der Waals surface area contributed by atoms with Crippen LogP contribution in [-0.2, 0) is 17.6 Å². The Bertz CT molecular complexity index is 1000. The minimum absolute atomic E-state index is 0.149. The Morgan fingerprint density at radius 3 is 2.71 bits per heavy atom. The first-order valence-electron chi connectivity index (χ1n) is 10.1. The van der Waals surface area contributed by atoms with Gasteiger partial charge in [0.25, 0.3) is 0 Å². The highest BCUT2D eigenvalue weighted by atomic mass is 32.1. The van der Waals surface area contributed by atoms with Crippen molar-refractivity contribution in [3.8, 4) is 0 Å². The van der Waals surface area contributed by atoms with Crippen molar-refractivity contribution in [2.75, 3.05) is 42.9 Å². The average molecular weight is 392 g/mol. The van der Waals surface area contributed by atoms with Crippen LogP contribution in [0.3, 0.4) is 0 Å². The zero-order chi connectivity index (χ0) is 18.9. The van der Waals surface area contributed by atoms with Crippen molar-refractivity contribution >= 4 is 38.7 Å². The van der Waals surface area contributed by atoms with E-state index in [1.165, 1.54) is 26.9 Å². The zero-order valence-corrected chi connectivity index (χ0v) is 16.8. The molecule has 1 fully saturated rings. The molecule has 1 aromatic heterocycles. The molecule has 1 N–H and O–H groups in total. The van der Waals surface area contributed by atoms with E-state index in [1.54, 1.807) is 0 Å². The lowest BCUT2D eigenvalue weighted by Crippen LogP contribution is -2.47. The van der Waals surface area contributed by atoms with E-state index in [0.29, 0.717) is 6.42 Å². The fraction of sp³-hybridized carbons (Fsp3) is 0.348. The minimum atomic E-state index is 0.149. The molecular formula is C23H25N3OS. The Balaban J connectivity index is 1.22. The van der Waals surface area contributed by atoms with Gasteiger partial charge in [0.2, 0.25) is 5.91 Å². The van der Waals surface area contributed by atoms with E-state index in [0.717, 1.165) is 51.3 Å². The first-order valence-corrected chi connectivity index (χ1v) is 11.0. The van der Waals surface area contributed by atoms with Gasteiger partial charge in [-0.3, -0.25) is 9.69 Å². The number of hydrogen-bond acceptors (Lipinski definition) is 4. The molecule has 5 heteroatoms. The van der Waals surface area contributed by atoms with Gasteiger partial charge >= 0.3 is 0 Å². The second-order valence-corrected chi connectivity index (χ2v) is 8.64. The molecule has 144 valence electrons. The summed E-state index contributed by atoms with van der Waals surface area (Å²) in [4.78, 5) is 16.9. The standard InChI is InChI=1S/C23H25N3OS/c27-22-8-7-17-3-1-4-18(23(17)24-22)9-11-25-12-14-26(15-13-25)20-5-2-6-21-19(20)10-16-28-21/h1-6,10,16H,7-9,11-15H2,(H,24,27). The third kappa shape index (κ3) is 3.40. The lowest BCUT2D eigenvalue weighted by Gasteiger charge is -2.36. The van der Waals surface area contributed by atoms with Gasteiger partial charge in [0.15, 0.2) is 0 Å². The van der Waals surface area contributed by atoms with Gasteiger partial charge in [0, 0.05) is 60.6 Å². The first kappa shape index (κ1) is 17.7. The number of para-hydroxylation sites is 1. The van der Waals surface area contributed by atoms with Gasteiger partial charge in [-0.15, -0.1) is 11.3 Å². The first-order chi connectivity index (χ1) is 13.8. The summed E-state index contributed by atoms with van der Waals surface area (Å²) >= 11 is 1.82. The number of fused-ring (bicyclic) bond motifs is 2. The molecule has 2 aliphatic rings. The van der Waals surface area contributed by atoms with Crippen LogP contribution in [0.1, 0.15) is 17.5 Å². The number of anilines is 2. The molecule has 28 heavy (non-hydrogen) atoms. The van der Waals surface area contributed by atoms with E-state index in [9.17, 15) is 4.79 Å². The molecule has 0 bridgehead atoms. The van der Waals surface area contributed by atoms with Crippen LogP contribution < -0.4 is 10.2 Å². The third-order valence-corrected chi connectivity index (χ3v) is 6.89. The topological polar surface area (TPSA) is 35.6 Å². The summed E-state index contributed by atoms with van der Waals surface area (Å²) in [5, 5.41) is 6.66. The summed E-state index contributed by atoms with van der Waals surface area (Å²) in [5.41, 5.74) is 5.00. The number of amides is 1. The number of hydrogen-bond donors (Lipinski definition) is 1. The molecule has 0 unspecified atom stereocenters. The third-order valence-electron chi connectivity index (χ3n) is 6.01. The maximum atomic E-state index is 11.8. The van der Waals surface area contributed by atoms with Crippen molar-refractivity contribution in [2.45, 2.75) is 19.3 Å². The molecule has 1 saturated heterocycles. The number of aryl methyl sites for hydroxylation is 1. The fourth-order valence-electron chi connectivity index (χ4n) is 4.43. The fourth-order valence-corrected chi connectivity index (χ4v) is 5.23. The van der Waals surface area contributed by atoms with Crippen LogP contribution in [0, 0.1) is 0 Å². The molecule has 0 radical (unpaired) electrons. The Morgan fingerprint density at radius 1 is 0.964 bits per heavy atom. The molecule has 3 heterocycles. The van der Waals surface area contributed by atoms with Gasteiger partial charge in [-0.1, -0.05) is 24.3 Å². The molecule has 2 aliphatic heterocycles. The molecule has 0 atom stereocenters. The number of nitrogens with one attached hydrogen (secondary N) is 1. The average Bonchev–Trinajstić information content (AvgIpc) is 3.22. The Hall–Kier alpha value is -2.37. The van der Waals surface area contributed by atoms with Crippen LogP contribution in [0.4, 0.5) is 11.4 Å². The van der Waals surface area contributed by atoms with Crippen LogP contribution in [0.25, 0.3) is 10.1 Å². The van der Waals surface area contributed by atoms with E-state index in [-0.39, 0.29) is 5.91 Å². The van der Waals surface area contributed by atoms with E-state index >= 15 is 0 Å². The normalized spacial score (nSPS) is 17.6. The molecule has 3 aromatic rings. The summed E-state index contributed by atoms with van der Waals surface area (Å²) in [5.74, 6) is 0.149. The molecular weight excluding hydrogens is 366 g/mol. The van der Waals surface area contributed by atoms with E-state index in [1.807, 2.05) is 11.3 Å². The van der Waals surface area contributed by atoms with Crippen LogP contribution in [0.2, 0.25) is 0 Å². The van der Waals surface area contributed by atoms with Gasteiger partial charge in [0.1, 0.15) is 0 Å². The van der Waals surface area contributed by atoms with Gasteiger partial charge in [0.05, 0.1) is 0 Å². The van der Waals surface area contributed by atoms with E-state index in [2.05, 4.69) is 63.0 Å². The maximum absolute atomic E-state index is 11.8. The zero-order valence-electron chi connectivity index (χ0n) is 16.0. The number of carbonyl (C=O) groups is 1. The number of benzene rings is 2. The Morgan fingerprint density at radius 2 is 1.82 bits per heavy atom. The summed E-state index contributed by atoms with van der Waals surface area (Å²) in [7, 11) is 0. The van der Waals surface area contributed by atoms with Crippen molar-refractivity contribution in [3.63, 3.8) is 0 Å². The van der Waals surface area contributed by atoms with E-state index < -0.39 is 0 Å². The van der Waals surface area contributed by atoms with Crippen LogP contribution in [0.5, 0.6) is 0 Å². The molecule has 0 spiro atoms. The van der Waals surface area contributed by atoms with Crippen LogP contribution in [-0.4, -0.2) is 43.5 Å². The number of carbonyl (C=O) groups excluding carboxylic acids is 1. The highest BCUT2D eigenvalue weighted by Crippen LogP contribution is 2.31. The number of nitrogens with zero attached hydrogens (tertiary/aromatic N) is 2. The minimum Gasteiger partial charge on any atom is -0.368 e. The smallest absolute Gasteiger partial charge is 0.224 e. The van der Waals surface area contributed by atoms with Gasteiger partial charge in [-0.25, -0.2) is 0 Å². The van der Waals surface area contributed by atoms with Gasteiger partial charge < -0.3 is 10.2 Å². The van der Waals surface area contributed by atoms with Crippen molar-refractivity contribution in [3.05, 3.63) is 59.0 Å². The number of thiophene rings is 1. The molecule has 4 nitrogen and oxygen atoms in total.